The molecule has 2 heterocycles. The van der Waals surface area contributed by atoms with Crippen LogP contribution in [0, 0.1) is 0 Å². The summed E-state index contributed by atoms with van der Waals surface area (Å²) in [5.74, 6) is 1.07. The Morgan fingerprint density at radius 3 is 3.06 bits per heavy atom. The van der Waals surface area contributed by atoms with Crippen LogP contribution in [-0.4, -0.2) is 30.3 Å². The molecule has 0 unspecified atom stereocenters. The molecule has 0 aliphatic heterocycles. The third-order valence-corrected chi connectivity index (χ3v) is 3.69. The summed E-state index contributed by atoms with van der Waals surface area (Å²) in [5, 5.41) is 13.8. The Bertz CT molecular complexity index is 633. The molecule has 3 rings (SSSR count). The number of aromatic nitrogens is 4. The number of hydrogen-bond donors (Lipinski definition) is 2. The van der Waals surface area contributed by atoms with Crippen molar-refractivity contribution in [2.24, 2.45) is 0 Å². The summed E-state index contributed by atoms with van der Waals surface area (Å²) in [5.41, 5.74) is 5.72. The zero-order valence-corrected chi connectivity index (χ0v) is 10.8. The van der Waals surface area contributed by atoms with Gasteiger partial charge in [0.2, 0.25) is 0 Å². The van der Waals surface area contributed by atoms with E-state index < -0.39 is 5.60 Å². The van der Waals surface area contributed by atoms with Crippen molar-refractivity contribution in [3.63, 3.8) is 0 Å². The molecule has 0 spiro atoms. The van der Waals surface area contributed by atoms with Crippen LogP contribution >= 0.6 is 15.9 Å². The summed E-state index contributed by atoms with van der Waals surface area (Å²) in [6, 6.07) is 0. The smallest absolute Gasteiger partial charge is 0.154 e. The van der Waals surface area contributed by atoms with E-state index in [2.05, 4.69) is 31.0 Å². The Hall–Kier alpha value is -1.21. The number of fused-ring (bicyclic) bond motifs is 1. The minimum absolute atomic E-state index is 0.132. The van der Waals surface area contributed by atoms with Crippen LogP contribution in [0.25, 0.3) is 5.52 Å². The van der Waals surface area contributed by atoms with E-state index in [9.17, 15) is 5.11 Å². The first-order valence-corrected chi connectivity index (χ1v) is 6.07. The second kappa shape index (κ2) is 3.39. The zero-order valence-electron chi connectivity index (χ0n) is 10.2. The lowest BCUT2D eigenvalue weighted by molar-refractivity contribution is -0.0337. The molecule has 3 N–H and O–H groups in total. The number of nitrogen functional groups attached to an aromatic ring is 1. The highest BCUT2D eigenvalue weighted by Gasteiger charge is 2.41. The second-order valence-corrected chi connectivity index (χ2v) is 5.47. The van der Waals surface area contributed by atoms with E-state index in [0.29, 0.717) is 28.8 Å². The molecule has 1 saturated carbocycles. The van der Waals surface area contributed by atoms with Crippen molar-refractivity contribution in [2.45, 2.75) is 31.3 Å². The number of aliphatic hydroxyl groups is 1. The average Bonchev–Trinajstić information content (AvgIpc) is 2.51. The van der Waals surface area contributed by atoms with Crippen molar-refractivity contribution in [3.05, 3.63) is 16.7 Å². The summed E-state index contributed by atoms with van der Waals surface area (Å²) < 4.78 is 9.62. The van der Waals surface area contributed by atoms with Gasteiger partial charge in [-0.3, -0.25) is 0 Å². The highest BCUT2D eigenvalue weighted by atomic mass is 79.9. The summed E-state index contributed by atoms with van der Waals surface area (Å²) >= 11 is 3.33. The fraction of sp³-hybridized carbons (Fsp3) is 0.500. The van der Waals surface area contributed by atoms with E-state index in [0.717, 1.165) is 0 Å². The SMILES string of the molecule is [2H]c1nc(N)c2c(Br)nc(C3CC(C)(O)C3)n2n1. The Balaban J connectivity index is 2.14. The van der Waals surface area contributed by atoms with E-state index in [-0.39, 0.29) is 18.0 Å². The van der Waals surface area contributed by atoms with Gasteiger partial charge in [0, 0.05) is 5.92 Å². The summed E-state index contributed by atoms with van der Waals surface area (Å²) in [6.07, 6.45) is 1.13. The van der Waals surface area contributed by atoms with Gasteiger partial charge in [0.05, 0.1) is 5.60 Å². The third-order valence-electron chi connectivity index (χ3n) is 3.13. The van der Waals surface area contributed by atoms with Crippen LogP contribution in [-0.2, 0) is 0 Å². The first kappa shape index (κ1) is 9.78. The molecule has 6 nitrogen and oxygen atoms in total. The number of nitrogens with zero attached hydrogens (tertiary/aromatic N) is 4. The zero-order chi connectivity index (χ0) is 13.1. The van der Waals surface area contributed by atoms with E-state index in [4.69, 9.17) is 7.10 Å². The minimum Gasteiger partial charge on any atom is -0.390 e. The molecule has 0 amide bonds. The maximum Gasteiger partial charge on any atom is 0.154 e. The lowest BCUT2D eigenvalue weighted by Crippen LogP contribution is -2.40. The average molecular weight is 299 g/mol. The lowest BCUT2D eigenvalue weighted by Gasteiger charge is -2.39. The van der Waals surface area contributed by atoms with Crippen molar-refractivity contribution in [1.29, 1.82) is 0 Å². The normalized spacial score (nSPS) is 29.1. The minimum atomic E-state index is -0.634. The molecule has 1 aliphatic rings. The van der Waals surface area contributed by atoms with Crippen LogP contribution in [0.5, 0.6) is 0 Å². The standard InChI is InChI=1S/C10H12BrN5O/c1-10(17)2-5(3-10)9-15-7(11)6-8(12)13-4-14-16(6)9/h4-5,17H,2-3H2,1H3,(H2,12,13,14)/i4D. The molecule has 0 atom stereocenters. The van der Waals surface area contributed by atoms with Gasteiger partial charge < -0.3 is 10.8 Å². The predicted octanol–water partition coefficient (Wildman–Crippen LogP) is 1.10. The highest BCUT2D eigenvalue weighted by molar-refractivity contribution is 9.10. The van der Waals surface area contributed by atoms with Crippen LogP contribution in [0.4, 0.5) is 5.82 Å². The van der Waals surface area contributed by atoms with Crippen molar-refractivity contribution < 1.29 is 6.48 Å². The van der Waals surface area contributed by atoms with Gasteiger partial charge in [0.15, 0.2) is 5.82 Å². The topological polar surface area (TPSA) is 89.3 Å². The Morgan fingerprint density at radius 1 is 1.71 bits per heavy atom. The molecule has 0 aromatic carbocycles. The molecule has 17 heavy (non-hydrogen) atoms. The van der Waals surface area contributed by atoms with Gasteiger partial charge in [-0.2, -0.15) is 5.10 Å². The van der Waals surface area contributed by atoms with Gasteiger partial charge >= 0.3 is 0 Å². The highest BCUT2D eigenvalue weighted by Crippen LogP contribution is 2.44. The summed E-state index contributed by atoms with van der Waals surface area (Å²) in [7, 11) is 0. The molecular formula is C10H12BrN5O. The maximum atomic E-state index is 9.79. The lowest BCUT2D eigenvalue weighted by atomic mass is 9.72. The maximum absolute atomic E-state index is 9.79. The van der Waals surface area contributed by atoms with E-state index in [1.165, 1.54) is 0 Å². The summed E-state index contributed by atoms with van der Waals surface area (Å²) in [6.45, 7) is 1.80. The fourth-order valence-corrected chi connectivity index (χ4v) is 2.89. The molecule has 0 bridgehead atoms. The van der Waals surface area contributed by atoms with E-state index >= 15 is 0 Å². The second-order valence-electron chi connectivity index (χ2n) is 4.72. The van der Waals surface area contributed by atoms with Crippen LogP contribution < -0.4 is 5.73 Å². The van der Waals surface area contributed by atoms with Crippen LogP contribution in [0.2, 0.25) is 0 Å². The van der Waals surface area contributed by atoms with E-state index in [1.807, 2.05) is 0 Å². The van der Waals surface area contributed by atoms with Crippen molar-refractivity contribution in [2.75, 3.05) is 5.73 Å². The molecule has 2 aromatic rings. The quantitative estimate of drug-likeness (QED) is 0.823. The molecule has 0 radical (unpaired) electrons. The van der Waals surface area contributed by atoms with Crippen molar-refractivity contribution in [3.8, 4) is 0 Å². The van der Waals surface area contributed by atoms with Gasteiger partial charge in [-0.15, -0.1) is 0 Å². The van der Waals surface area contributed by atoms with Crippen molar-refractivity contribution in [1.82, 2.24) is 19.6 Å². The number of anilines is 1. The number of imidazole rings is 1. The van der Waals surface area contributed by atoms with Gasteiger partial charge in [-0.1, -0.05) is 0 Å². The largest absolute Gasteiger partial charge is 0.390 e. The first-order valence-electron chi connectivity index (χ1n) is 5.78. The fourth-order valence-electron chi connectivity index (χ4n) is 2.34. The molecule has 2 aromatic heterocycles. The number of nitrogens with two attached hydrogens (primary N) is 1. The van der Waals surface area contributed by atoms with Crippen LogP contribution in [0.15, 0.2) is 10.9 Å². The van der Waals surface area contributed by atoms with Gasteiger partial charge in [0.1, 0.15) is 23.6 Å². The first-order chi connectivity index (χ1) is 8.37. The molecular weight excluding hydrogens is 286 g/mol. The van der Waals surface area contributed by atoms with Gasteiger partial charge in [-0.05, 0) is 35.7 Å². The Morgan fingerprint density at radius 2 is 2.41 bits per heavy atom. The Kier molecular flexibility index (Phi) is 1.95. The van der Waals surface area contributed by atoms with Crippen LogP contribution in [0.1, 0.15) is 32.9 Å². The Labute approximate surface area is 107 Å². The molecule has 90 valence electrons. The van der Waals surface area contributed by atoms with E-state index in [1.54, 1.807) is 11.4 Å². The number of hydrogen-bond acceptors (Lipinski definition) is 5. The molecule has 0 saturated heterocycles. The van der Waals surface area contributed by atoms with Gasteiger partial charge in [-0.25, -0.2) is 14.5 Å². The monoisotopic (exact) mass is 298 g/mol. The number of rotatable bonds is 1. The summed E-state index contributed by atoms with van der Waals surface area (Å²) in [4.78, 5) is 8.18. The predicted molar refractivity (Wildman–Crippen MR) is 65.5 cm³/mol. The van der Waals surface area contributed by atoms with Crippen molar-refractivity contribution >= 4 is 27.3 Å². The molecule has 1 fully saturated rings. The molecule has 1 aliphatic carbocycles. The number of halogens is 1. The molecule has 7 heteroatoms. The van der Waals surface area contributed by atoms with Gasteiger partial charge in [0.25, 0.3) is 0 Å². The third kappa shape index (κ3) is 1.61. The van der Waals surface area contributed by atoms with Crippen LogP contribution in [0.3, 0.4) is 0 Å².